The van der Waals surface area contributed by atoms with E-state index in [0.29, 0.717) is 0 Å². The molecule has 13 heavy (non-hydrogen) atoms. The van der Waals surface area contributed by atoms with Gasteiger partial charge in [-0.1, -0.05) is 32.9 Å². The first-order valence-electron chi connectivity index (χ1n) is 4.78. The van der Waals surface area contributed by atoms with Gasteiger partial charge in [0.15, 0.2) is 0 Å². The second kappa shape index (κ2) is 3.10. The van der Waals surface area contributed by atoms with Crippen LogP contribution in [0, 0.1) is 5.41 Å². The van der Waals surface area contributed by atoms with Gasteiger partial charge in [-0.05, 0) is 19.3 Å². The number of epoxide rings is 1. The van der Waals surface area contributed by atoms with Gasteiger partial charge in [0.1, 0.15) is 12.2 Å². The van der Waals surface area contributed by atoms with E-state index in [4.69, 9.17) is 4.74 Å². The maximum Gasteiger partial charge on any atom is 0.116 e. The van der Waals surface area contributed by atoms with Crippen LogP contribution in [-0.4, -0.2) is 22.9 Å². The van der Waals surface area contributed by atoms with Crippen molar-refractivity contribution >= 4 is 0 Å². The predicted molar refractivity (Wildman–Crippen MR) is 53.6 cm³/mol. The normalized spacial score (nSPS) is 29.2. The molecule has 0 aromatic carbocycles. The van der Waals surface area contributed by atoms with Crippen LogP contribution in [0.5, 0.6) is 0 Å². The Morgan fingerprint density at radius 1 is 1.38 bits per heavy atom. The van der Waals surface area contributed by atoms with Crippen molar-refractivity contribution in [3.63, 3.8) is 0 Å². The first-order valence-corrected chi connectivity index (χ1v) is 4.78. The van der Waals surface area contributed by atoms with E-state index in [1.54, 1.807) is 0 Å². The molecule has 0 saturated carbocycles. The van der Waals surface area contributed by atoms with Crippen LogP contribution < -0.4 is 0 Å². The van der Waals surface area contributed by atoms with E-state index < -0.39 is 6.10 Å². The van der Waals surface area contributed by atoms with Crippen LogP contribution in [0.3, 0.4) is 0 Å². The molecule has 0 aromatic rings. The van der Waals surface area contributed by atoms with E-state index in [-0.39, 0.29) is 17.1 Å². The minimum Gasteiger partial charge on any atom is -0.386 e. The lowest BCUT2D eigenvalue weighted by atomic mass is 9.94. The highest BCUT2D eigenvalue weighted by Crippen LogP contribution is 2.38. The van der Waals surface area contributed by atoms with Gasteiger partial charge < -0.3 is 9.84 Å². The van der Waals surface area contributed by atoms with E-state index in [2.05, 4.69) is 20.8 Å². The molecule has 2 heteroatoms. The van der Waals surface area contributed by atoms with E-state index in [9.17, 15) is 5.11 Å². The molecule has 76 valence electrons. The lowest BCUT2D eigenvalue weighted by molar-refractivity contribution is 0.175. The van der Waals surface area contributed by atoms with Crippen LogP contribution in [0.4, 0.5) is 0 Å². The Morgan fingerprint density at radius 3 is 2.15 bits per heavy atom. The Kier molecular flexibility index (Phi) is 2.56. The molecule has 0 aromatic heterocycles. The first kappa shape index (κ1) is 10.7. The van der Waals surface area contributed by atoms with Crippen LogP contribution in [-0.2, 0) is 4.74 Å². The SMILES string of the molecule is CC(C)(C)/C=C/C(O)C1OC1(C)C. The van der Waals surface area contributed by atoms with Gasteiger partial charge in [0.2, 0.25) is 0 Å². The third kappa shape index (κ3) is 3.12. The zero-order valence-electron chi connectivity index (χ0n) is 9.16. The summed E-state index contributed by atoms with van der Waals surface area (Å²) in [6, 6.07) is 0. The quantitative estimate of drug-likeness (QED) is 0.526. The van der Waals surface area contributed by atoms with Crippen molar-refractivity contribution < 1.29 is 9.84 Å². The van der Waals surface area contributed by atoms with Crippen LogP contribution in [0.2, 0.25) is 0 Å². The maximum absolute atomic E-state index is 9.68. The molecule has 1 N–H and O–H groups in total. The Labute approximate surface area is 80.6 Å². The number of hydrogen-bond donors (Lipinski definition) is 1. The Balaban J connectivity index is 2.44. The first-order chi connectivity index (χ1) is 5.72. The van der Waals surface area contributed by atoms with Gasteiger partial charge in [0.05, 0.1) is 5.60 Å². The third-order valence-corrected chi connectivity index (χ3v) is 2.16. The Morgan fingerprint density at radius 2 is 1.85 bits per heavy atom. The van der Waals surface area contributed by atoms with E-state index in [0.717, 1.165) is 0 Å². The highest BCUT2D eigenvalue weighted by molar-refractivity contribution is 5.08. The minimum absolute atomic E-state index is 0.0221. The number of aliphatic hydroxyl groups excluding tert-OH is 1. The minimum atomic E-state index is -0.464. The molecule has 1 aliphatic heterocycles. The molecule has 2 unspecified atom stereocenters. The van der Waals surface area contributed by atoms with Gasteiger partial charge in [-0.2, -0.15) is 0 Å². The number of hydrogen-bond acceptors (Lipinski definition) is 2. The molecule has 0 bridgehead atoms. The molecule has 1 rings (SSSR count). The number of ether oxygens (including phenoxy) is 1. The summed E-state index contributed by atoms with van der Waals surface area (Å²) < 4.78 is 5.33. The van der Waals surface area contributed by atoms with E-state index >= 15 is 0 Å². The number of allylic oxidation sites excluding steroid dienone is 1. The van der Waals surface area contributed by atoms with E-state index in [1.165, 1.54) is 0 Å². The molecule has 2 nitrogen and oxygen atoms in total. The molecule has 2 atom stereocenters. The highest BCUT2D eigenvalue weighted by Gasteiger charge is 2.51. The van der Waals surface area contributed by atoms with Gasteiger partial charge in [-0.15, -0.1) is 0 Å². The number of aliphatic hydroxyl groups is 1. The lowest BCUT2D eigenvalue weighted by Crippen LogP contribution is -2.18. The molecule has 0 aliphatic carbocycles. The van der Waals surface area contributed by atoms with Crippen molar-refractivity contribution in [3.8, 4) is 0 Å². The Hall–Kier alpha value is -0.340. The summed E-state index contributed by atoms with van der Waals surface area (Å²) in [5.41, 5.74) is -0.0122. The summed E-state index contributed by atoms with van der Waals surface area (Å²) in [6.07, 6.45) is 3.37. The van der Waals surface area contributed by atoms with Crippen molar-refractivity contribution in [2.24, 2.45) is 5.41 Å². The summed E-state index contributed by atoms with van der Waals surface area (Å²) in [5, 5.41) is 9.68. The number of rotatable bonds is 2. The van der Waals surface area contributed by atoms with Crippen molar-refractivity contribution in [1.82, 2.24) is 0 Å². The summed E-state index contributed by atoms with van der Waals surface area (Å²) in [7, 11) is 0. The summed E-state index contributed by atoms with van der Waals surface area (Å²) in [5.74, 6) is 0. The summed E-state index contributed by atoms with van der Waals surface area (Å²) >= 11 is 0. The zero-order chi connectivity index (χ0) is 10.3. The van der Waals surface area contributed by atoms with Crippen LogP contribution in [0.25, 0.3) is 0 Å². The molecule has 0 radical (unpaired) electrons. The molecule has 1 aliphatic rings. The molecule has 0 spiro atoms. The summed E-state index contributed by atoms with van der Waals surface area (Å²) in [6.45, 7) is 10.3. The summed E-state index contributed by atoms with van der Waals surface area (Å²) in [4.78, 5) is 0. The largest absolute Gasteiger partial charge is 0.386 e. The van der Waals surface area contributed by atoms with Crippen LogP contribution in [0.15, 0.2) is 12.2 Å². The van der Waals surface area contributed by atoms with Crippen LogP contribution >= 0.6 is 0 Å². The average molecular weight is 184 g/mol. The second-order valence-corrected chi connectivity index (χ2v) is 5.36. The van der Waals surface area contributed by atoms with Crippen molar-refractivity contribution in [1.29, 1.82) is 0 Å². The smallest absolute Gasteiger partial charge is 0.116 e. The predicted octanol–water partition coefficient (Wildman–Crippen LogP) is 2.13. The molecular weight excluding hydrogens is 164 g/mol. The zero-order valence-corrected chi connectivity index (χ0v) is 9.16. The van der Waals surface area contributed by atoms with Gasteiger partial charge >= 0.3 is 0 Å². The van der Waals surface area contributed by atoms with Gasteiger partial charge in [-0.3, -0.25) is 0 Å². The Bertz CT molecular complexity index is 211. The van der Waals surface area contributed by atoms with E-state index in [1.807, 2.05) is 26.0 Å². The standard InChI is InChI=1S/C11H20O2/c1-10(2,3)7-6-8(12)9-11(4,5)13-9/h6-9,12H,1-5H3/b7-6+. The van der Waals surface area contributed by atoms with Gasteiger partial charge in [0, 0.05) is 0 Å². The fourth-order valence-electron chi connectivity index (χ4n) is 1.26. The molecule has 1 fully saturated rings. The third-order valence-electron chi connectivity index (χ3n) is 2.16. The maximum atomic E-state index is 9.68. The van der Waals surface area contributed by atoms with Crippen molar-refractivity contribution in [3.05, 3.63) is 12.2 Å². The fourth-order valence-corrected chi connectivity index (χ4v) is 1.26. The van der Waals surface area contributed by atoms with Gasteiger partial charge in [-0.25, -0.2) is 0 Å². The monoisotopic (exact) mass is 184 g/mol. The topological polar surface area (TPSA) is 32.8 Å². The second-order valence-electron chi connectivity index (χ2n) is 5.36. The highest BCUT2D eigenvalue weighted by atomic mass is 16.6. The lowest BCUT2D eigenvalue weighted by Gasteiger charge is -2.12. The molecule has 1 heterocycles. The van der Waals surface area contributed by atoms with Crippen LogP contribution in [0.1, 0.15) is 34.6 Å². The molecule has 1 saturated heterocycles. The van der Waals surface area contributed by atoms with Crippen molar-refractivity contribution in [2.45, 2.75) is 52.4 Å². The molecular formula is C11H20O2. The van der Waals surface area contributed by atoms with Crippen molar-refractivity contribution in [2.75, 3.05) is 0 Å². The molecule has 0 amide bonds. The fraction of sp³-hybridized carbons (Fsp3) is 0.818. The van der Waals surface area contributed by atoms with Gasteiger partial charge in [0.25, 0.3) is 0 Å². The average Bonchev–Trinajstić information content (AvgIpc) is 2.53.